The van der Waals surface area contributed by atoms with E-state index in [0.29, 0.717) is 0 Å². The molecule has 12 aromatic rings. The highest BCUT2D eigenvalue weighted by Crippen LogP contribution is 2.56. The van der Waals surface area contributed by atoms with Crippen LogP contribution in [0.25, 0.3) is 99.5 Å². The van der Waals surface area contributed by atoms with Gasteiger partial charge in [0.1, 0.15) is 11.2 Å². The van der Waals surface area contributed by atoms with Gasteiger partial charge in [0.2, 0.25) is 0 Å². The van der Waals surface area contributed by atoms with Gasteiger partial charge in [-0.2, -0.15) is 0 Å². The summed E-state index contributed by atoms with van der Waals surface area (Å²) in [5.74, 6) is 0. The molecule has 13 rings (SSSR count). The number of nitrogens with zero attached hydrogens (tertiary/aromatic N) is 1. The van der Waals surface area contributed by atoms with Gasteiger partial charge in [0.05, 0.1) is 11.4 Å². The fraction of sp³-hybridized carbons (Fsp3) is 0.0986. The number of hydrogen-bond acceptors (Lipinski definition) is 2. The van der Waals surface area contributed by atoms with Crippen LogP contribution in [0, 0.1) is 0 Å². The Hall–Kier alpha value is -8.72. The first-order chi connectivity index (χ1) is 35.6. The van der Waals surface area contributed by atoms with E-state index in [1.54, 1.807) is 0 Å². The average molecular weight is 938 g/mol. The Morgan fingerprint density at radius 2 is 0.959 bits per heavy atom. The van der Waals surface area contributed by atoms with Gasteiger partial charge in [-0.3, -0.25) is 0 Å². The molecule has 1 aromatic heterocycles. The second kappa shape index (κ2) is 17.3. The molecule has 0 amide bonds. The van der Waals surface area contributed by atoms with Gasteiger partial charge in [-0.15, -0.1) is 0 Å². The standard InChI is InChI=1S/C71H55NO/c1-70(2,3)51-38-35-46(36-39-51)50-43-59(47-21-8-6-9-22-47)69(60(44-50)48-23-10-7-11-24-48)72(52-40-41-63-61(45-52)55-28-16-18-32-62(55)71(63,4)5)64-42-37-49-25-12-13-26-53(49)67(64)56-29-15-14-27-54(56)57-31-20-34-66-68(57)58-30-17-19-33-65(58)73-66/h6-45H,1-5H3. The molecule has 0 saturated heterocycles. The summed E-state index contributed by atoms with van der Waals surface area (Å²) in [5.41, 5.74) is 22.9. The Kier molecular flexibility index (Phi) is 10.5. The van der Waals surface area contributed by atoms with E-state index in [-0.39, 0.29) is 10.8 Å². The molecule has 2 nitrogen and oxygen atoms in total. The zero-order valence-corrected chi connectivity index (χ0v) is 41.9. The third-order valence-electron chi connectivity index (χ3n) is 15.4. The maximum absolute atomic E-state index is 6.55. The lowest BCUT2D eigenvalue weighted by Gasteiger charge is -2.34. The molecule has 0 fully saturated rings. The Morgan fingerprint density at radius 1 is 0.384 bits per heavy atom. The number of fused-ring (bicyclic) bond motifs is 7. The molecule has 0 aliphatic heterocycles. The summed E-state index contributed by atoms with van der Waals surface area (Å²) >= 11 is 0. The van der Waals surface area contributed by atoms with Gasteiger partial charge in [0.15, 0.2) is 0 Å². The highest BCUT2D eigenvalue weighted by atomic mass is 16.3. The molecule has 1 aliphatic rings. The molecule has 350 valence electrons. The number of benzene rings is 11. The van der Waals surface area contributed by atoms with Crippen LogP contribution < -0.4 is 4.90 Å². The van der Waals surface area contributed by atoms with E-state index in [1.165, 1.54) is 44.2 Å². The van der Waals surface area contributed by atoms with Crippen LogP contribution in [-0.4, -0.2) is 0 Å². The normalized spacial score (nSPS) is 12.8. The lowest BCUT2D eigenvalue weighted by molar-refractivity contribution is 0.590. The maximum Gasteiger partial charge on any atom is 0.136 e. The molecular weight excluding hydrogens is 883 g/mol. The van der Waals surface area contributed by atoms with Gasteiger partial charge in [-0.05, 0) is 125 Å². The molecule has 0 saturated carbocycles. The van der Waals surface area contributed by atoms with Crippen molar-refractivity contribution in [1.82, 2.24) is 0 Å². The third kappa shape index (κ3) is 7.39. The first-order valence-electron chi connectivity index (χ1n) is 25.6. The molecule has 0 radical (unpaired) electrons. The minimum absolute atomic E-state index is 0.0356. The summed E-state index contributed by atoms with van der Waals surface area (Å²) in [6, 6.07) is 89.8. The Bertz CT molecular complexity index is 4020. The molecule has 2 heteroatoms. The van der Waals surface area contributed by atoms with Crippen LogP contribution in [-0.2, 0) is 10.8 Å². The first-order valence-corrected chi connectivity index (χ1v) is 25.6. The van der Waals surface area contributed by atoms with E-state index in [1.807, 2.05) is 0 Å². The summed E-state index contributed by atoms with van der Waals surface area (Å²) in [7, 11) is 0. The highest BCUT2D eigenvalue weighted by molar-refractivity contribution is 6.16. The monoisotopic (exact) mass is 937 g/mol. The second-order valence-electron chi connectivity index (χ2n) is 21.2. The van der Waals surface area contributed by atoms with Gasteiger partial charge in [0.25, 0.3) is 0 Å². The van der Waals surface area contributed by atoms with Gasteiger partial charge in [-0.1, -0.05) is 235 Å². The molecule has 0 atom stereocenters. The maximum atomic E-state index is 6.55. The predicted molar refractivity (Wildman–Crippen MR) is 309 cm³/mol. The number of anilines is 3. The minimum Gasteiger partial charge on any atom is -0.456 e. The van der Waals surface area contributed by atoms with E-state index >= 15 is 0 Å². The van der Waals surface area contributed by atoms with Crippen LogP contribution in [0.1, 0.15) is 51.3 Å². The number of furan rings is 1. The van der Waals surface area contributed by atoms with Crippen LogP contribution in [0.4, 0.5) is 17.1 Å². The molecule has 73 heavy (non-hydrogen) atoms. The Labute approximate surface area is 428 Å². The van der Waals surface area contributed by atoms with E-state index < -0.39 is 0 Å². The van der Waals surface area contributed by atoms with Crippen molar-refractivity contribution in [3.05, 3.63) is 259 Å². The molecule has 0 spiro atoms. The highest BCUT2D eigenvalue weighted by Gasteiger charge is 2.36. The third-order valence-corrected chi connectivity index (χ3v) is 15.4. The van der Waals surface area contributed by atoms with E-state index in [2.05, 4.69) is 282 Å². The topological polar surface area (TPSA) is 16.4 Å². The van der Waals surface area contributed by atoms with Gasteiger partial charge in [-0.25, -0.2) is 0 Å². The molecule has 0 bridgehead atoms. The second-order valence-corrected chi connectivity index (χ2v) is 21.2. The summed E-state index contributed by atoms with van der Waals surface area (Å²) in [6.07, 6.45) is 0. The number of hydrogen-bond donors (Lipinski definition) is 0. The van der Waals surface area contributed by atoms with Gasteiger partial charge in [0, 0.05) is 38.6 Å². The van der Waals surface area contributed by atoms with Gasteiger partial charge >= 0.3 is 0 Å². The summed E-state index contributed by atoms with van der Waals surface area (Å²) in [4.78, 5) is 2.59. The molecular formula is C71H55NO. The summed E-state index contributed by atoms with van der Waals surface area (Å²) < 4.78 is 6.55. The van der Waals surface area contributed by atoms with Crippen LogP contribution in [0.5, 0.6) is 0 Å². The van der Waals surface area contributed by atoms with Crippen molar-refractivity contribution in [1.29, 1.82) is 0 Å². The summed E-state index contributed by atoms with van der Waals surface area (Å²) in [5, 5.41) is 4.57. The van der Waals surface area contributed by atoms with Crippen LogP contribution in [0.15, 0.2) is 247 Å². The largest absolute Gasteiger partial charge is 0.456 e. The Balaban J connectivity index is 1.17. The minimum atomic E-state index is -0.158. The predicted octanol–water partition coefficient (Wildman–Crippen LogP) is 20.1. The smallest absolute Gasteiger partial charge is 0.136 e. The lowest BCUT2D eigenvalue weighted by atomic mass is 9.82. The van der Waals surface area contributed by atoms with Crippen molar-refractivity contribution < 1.29 is 4.42 Å². The molecule has 1 aliphatic carbocycles. The van der Waals surface area contributed by atoms with Gasteiger partial charge < -0.3 is 9.32 Å². The van der Waals surface area contributed by atoms with E-state index in [9.17, 15) is 0 Å². The zero-order valence-electron chi connectivity index (χ0n) is 41.9. The number of para-hydroxylation sites is 1. The summed E-state index contributed by atoms with van der Waals surface area (Å²) in [6.45, 7) is 11.6. The van der Waals surface area contributed by atoms with Crippen molar-refractivity contribution in [2.24, 2.45) is 0 Å². The SMILES string of the molecule is CC(C)(C)c1ccc(-c2cc(-c3ccccc3)c(N(c3ccc4c(c3)-c3ccccc3C4(C)C)c3ccc4ccccc4c3-c3ccccc3-c3cccc4oc5ccccc5c34)c(-c3ccccc3)c2)cc1. The van der Waals surface area contributed by atoms with Crippen LogP contribution >= 0.6 is 0 Å². The first kappa shape index (κ1) is 44.2. The van der Waals surface area contributed by atoms with Crippen molar-refractivity contribution in [2.45, 2.75) is 45.4 Å². The van der Waals surface area contributed by atoms with Crippen molar-refractivity contribution in [3.63, 3.8) is 0 Å². The van der Waals surface area contributed by atoms with Crippen molar-refractivity contribution >= 4 is 49.8 Å². The molecule has 0 N–H and O–H groups in total. The lowest BCUT2D eigenvalue weighted by Crippen LogP contribution is -2.16. The van der Waals surface area contributed by atoms with E-state index in [0.717, 1.165) is 89.1 Å². The van der Waals surface area contributed by atoms with Crippen molar-refractivity contribution in [2.75, 3.05) is 4.90 Å². The van der Waals surface area contributed by atoms with Crippen LogP contribution in [0.3, 0.4) is 0 Å². The molecule has 11 aromatic carbocycles. The fourth-order valence-electron chi connectivity index (χ4n) is 11.8. The number of rotatable bonds is 8. The zero-order chi connectivity index (χ0) is 49.4. The quantitative estimate of drug-likeness (QED) is 0.151. The fourth-order valence-corrected chi connectivity index (χ4v) is 11.8. The Morgan fingerprint density at radius 3 is 1.67 bits per heavy atom. The van der Waals surface area contributed by atoms with Crippen LogP contribution in [0.2, 0.25) is 0 Å². The average Bonchev–Trinajstić information content (AvgIpc) is 3.92. The van der Waals surface area contributed by atoms with E-state index in [4.69, 9.17) is 4.42 Å². The van der Waals surface area contributed by atoms with Crippen molar-refractivity contribution in [3.8, 4) is 66.8 Å². The molecule has 0 unspecified atom stereocenters. The molecule has 1 heterocycles.